The van der Waals surface area contributed by atoms with Crippen molar-refractivity contribution in [2.75, 3.05) is 23.8 Å². The van der Waals surface area contributed by atoms with E-state index in [9.17, 15) is 4.79 Å². The van der Waals surface area contributed by atoms with Crippen LogP contribution in [0.5, 0.6) is 11.5 Å². The van der Waals surface area contributed by atoms with Crippen LogP contribution in [0.15, 0.2) is 48.7 Å². The zero-order valence-corrected chi connectivity index (χ0v) is 15.8. The highest BCUT2D eigenvalue weighted by atomic mass is 35.5. The number of fused-ring (bicyclic) bond motifs is 1. The lowest BCUT2D eigenvalue weighted by molar-refractivity contribution is 0.102. The molecular weight excluding hydrogens is 380 g/mol. The SMILES string of the molecule is Cc1cc(Cl)ccc1Nc1nccc(C(=O)Nc2ccc3c(c2)OCCO3)n1. The minimum absolute atomic E-state index is 0.235. The van der Waals surface area contributed by atoms with Gasteiger partial charge in [-0.1, -0.05) is 11.6 Å². The van der Waals surface area contributed by atoms with Crippen LogP contribution in [0.1, 0.15) is 16.1 Å². The van der Waals surface area contributed by atoms with Gasteiger partial charge in [-0.15, -0.1) is 0 Å². The summed E-state index contributed by atoms with van der Waals surface area (Å²) in [5, 5.41) is 6.56. The van der Waals surface area contributed by atoms with E-state index < -0.39 is 0 Å². The standard InChI is InChI=1S/C20H17ClN4O3/c1-12-10-13(21)2-4-15(12)24-20-22-7-6-16(25-20)19(26)23-14-3-5-17-18(11-14)28-9-8-27-17/h2-7,10-11H,8-9H2,1H3,(H,23,26)(H,22,24,25). The predicted octanol–water partition coefficient (Wildman–Crippen LogP) is 4.21. The second kappa shape index (κ2) is 7.74. The highest BCUT2D eigenvalue weighted by Crippen LogP contribution is 2.32. The van der Waals surface area contributed by atoms with E-state index in [0.717, 1.165) is 11.3 Å². The van der Waals surface area contributed by atoms with E-state index >= 15 is 0 Å². The van der Waals surface area contributed by atoms with Gasteiger partial charge in [0.05, 0.1) is 0 Å². The number of anilines is 3. The monoisotopic (exact) mass is 396 g/mol. The van der Waals surface area contributed by atoms with Gasteiger partial charge in [-0.3, -0.25) is 4.79 Å². The van der Waals surface area contributed by atoms with E-state index in [1.54, 1.807) is 30.3 Å². The summed E-state index contributed by atoms with van der Waals surface area (Å²) in [6.07, 6.45) is 1.53. The molecular formula is C20H17ClN4O3. The van der Waals surface area contributed by atoms with E-state index in [1.165, 1.54) is 6.20 Å². The largest absolute Gasteiger partial charge is 0.486 e. The summed E-state index contributed by atoms with van der Waals surface area (Å²) in [6.45, 7) is 2.92. The van der Waals surface area contributed by atoms with Crippen LogP contribution in [-0.2, 0) is 0 Å². The van der Waals surface area contributed by atoms with Gasteiger partial charge in [-0.25, -0.2) is 9.97 Å². The number of carbonyl (C=O) groups excluding carboxylic acids is 1. The van der Waals surface area contributed by atoms with Crippen molar-refractivity contribution < 1.29 is 14.3 Å². The van der Waals surface area contributed by atoms with Gasteiger partial charge in [0.1, 0.15) is 18.9 Å². The molecule has 0 saturated carbocycles. The first-order valence-corrected chi connectivity index (χ1v) is 9.03. The summed E-state index contributed by atoms with van der Waals surface area (Å²) in [5.41, 5.74) is 2.59. The fourth-order valence-corrected chi connectivity index (χ4v) is 2.98. The van der Waals surface area contributed by atoms with E-state index in [2.05, 4.69) is 20.6 Å². The highest BCUT2D eigenvalue weighted by molar-refractivity contribution is 6.30. The number of amides is 1. The molecule has 28 heavy (non-hydrogen) atoms. The molecule has 1 aliphatic rings. The lowest BCUT2D eigenvalue weighted by Gasteiger charge is -2.19. The van der Waals surface area contributed by atoms with Crippen molar-refractivity contribution in [3.63, 3.8) is 0 Å². The van der Waals surface area contributed by atoms with Crippen LogP contribution in [-0.4, -0.2) is 29.1 Å². The van der Waals surface area contributed by atoms with Crippen molar-refractivity contribution in [2.45, 2.75) is 6.92 Å². The average molecular weight is 397 g/mol. The quantitative estimate of drug-likeness (QED) is 0.687. The third-order valence-corrected chi connectivity index (χ3v) is 4.36. The number of nitrogens with zero attached hydrogens (tertiary/aromatic N) is 2. The molecule has 8 heteroatoms. The Morgan fingerprint density at radius 3 is 2.71 bits per heavy atom. The summed E-state index contributed by atoms with van der Waals surface area (Å²) >= 11 is 5.98. The Hall–Kier alpha value is -3.32. The lowest BCUT2D eigenvalue weighted by Crippen LogP contribution is -2.17. The molecule has 1 aromatic heterocycles. The predicted molar refractivity (Wildman–Crippen MR) is 107 cm³/mol. The van der Waals surface area contributed by atoms with Crippen molar-refractivity contribution in [1.29, 1.82) is 0 Å². The molecule has 4 rings (SSSR count). The van der Waals surface area contributed by atoms with E-state index in [-0.39, 0.29) is 11.6 Å². The second-order valence-corrected chi connectivity index (χ2v) is 6.60. The van der Waals surface area contributed by atoms with E-state index in [1.807, 2.05) is 19.1 Å². The third kappa shape index (κ3) is 3.99. The Morgan fingerprint density at radius 2 is 1.89 bits per heavy atom. The molecule has 0 radical (unpaired) electrons. The highest BCUT2D eigenvalue weighted by Gasteiger charge is 2.14. The minimum Gasteiger partial charge on any atom is -0.486 e. The van der Waals surface area contributed by atoms with Gasteiger partial charge >= 0.3 is 0 Å². The smallest absolute Gasteiger partial charge is 0.274 e. The maximum atomic E-state index is 12.6. The van der Waals surface area contributed by atoms with Gasteiger partial charge < -0.3 is 20.1 Å². The molecule has 7 nitrogen and oxygen atoms in total. The Labute approximate surface area is 166 Å². The maximum Gasteiger partial charge on any atom is 0.274 e. The van der Waals surface area contributed by atoms with Crippen LogP contribution in [0, 0.1) is 6.92 Å². The molecule has 2 heterocycles. The first kappa shape index (κ1) is 18.1. The van der Waals surface area contributed by atoms with E-state index in [4.69, 9.17) is 21.1 Å². The normalized spacial score (nSPS) is 12.4. The molecule has 2 N–H and O–H groups in total. The van der Waals surface area contributed by atoms with Crippen LogP contribution >= 0.6 is 11.6 Å². The molecule has 0 saturated heterocycles. The van der Waals surface area contributed by atoms with Gasteiger partial charge in [0.2, 0.25) is 5.95 Å². The molecule has 0 fully saturated rings. The Bertz CT molecular complexity index is 1040. The summed E-state index contributed by atoms with van der Waals surface area (Å²) in [5.74, 6) is 1.23. The summed E-state index contributed by atoms with van der Waals surface area (Å²) < 4.78 is 11.0. The van der Waals surface area contributed by atoms with Gasteiger partial charge in [0.25, 0.3) is 5.91 Å². The average Bonchev–Trinajstić information content (AvgIpc) is 2.70. The first-order chi connectivity index (χ1) is 13.6. The van der Waals surface area contributed by atoms with Crippen molar-refractivity contribution in [2.24, 2.45) is 0 Å². The molecule has 0 atom stereocenters. The third-order valence-electron chi connectivity index (χ3n) is 4.12. The van der Waals surface area contributed by atoms with Crippen molar-refractivity contribution >= 4 is 34.8 Å². The molecule has 1 amide bonds. The van der Waals surface area contributed by atoms with Gasteiger partial charge in [-0.2, -0.15) is 0 Å². The van der Waals surface area contributed by atoms with Crippen LogP contribution in [0.2, 0.25) is 5.02 Å². The number of nitrogens with one attached hydrogen (secondary N) is 2. The summed E-state index contributed by atoms with van der Waals surface area (Å²) in [7, 11) is 0. The maximum absolute atomic E-state index is 12.6. The summed E-state index contributed by atoms with van der Waals surface area (Å²) in [6, 6.07) is 12.2. The fraction of sp³-hybridized carbons (Fsp3) is 0.150. The topological polar surface area (TPSA) is 85.4 Å². The zero-order valence-electron chi connectivity index (χ0n) is 15.0. The fourth-order valence-electron chi connectivity index (χ4n) is 2.75. The molecule has 3 aromatic rings. The van der Waals surface area contributed by atoms with Gasteiger partial charge in [0, 0.05) is 28.7 Å². The molecule has 0 spiro atoms. The number of halogens is 1. The number of hydrogen-bond acceptors (Lipinski definition) is 6. The molecule has 0 bridgehead atoms. The number of hydrogen-bond donors (Lipinski definition) is 2. The molecule has 0 aliphatic carbocycles. The number of aryl methyl sites for hydroxylation is 1. The van der Waals surface area contributed by atoms with Crippen molar-refractivity contribution in [3.8, 4) is 11.5 Å². The Balaban J connectivity index is 1.50. The second-order valence-electron chi connectivity index (χ2n) is 6.16. The number of aromatic nitrogens is 2. The number of carbonyl (C=O) groups is 1. The van der Waals surface area contributed by atoms with Crippen LogP contribution in [0.3, 0.4) is 0 Å². The minimum atomic E-state index is -0.352. The van der Waals surface area contributed by atoms with Gasteiger partial charge in [-0.05, 0) is 48.9 Å². The Morgan fingerprint density at radius 1 is 1.07 bits per heavy atom. The van der Waals surface area contributed by atoms with Crippen molar-refractivity contribution in [3.05, 3.63) is 64.9 Å². The van der Waals surface area contributed by atoms with Crippen LogP contribution in [0.25, 0.3) is 0 Å². The first-order valence-electron chi connectivity index (χ1n) is 8.66. The zero-order chi connectivity index (χ0) is 19.5. The lowest BCUT2D eigenvalue weighted by atomic mass is 10.2. The molecule has 2 aromatic carbocycles. The molecule has 142 valence electrons. The van der Waals surface area contributed by atoms with Crippen LogP contribution < -0.4 is 20.1 Å². The number of benzene rings is 2. The number of ether oxygens (including phenoxy) is 2. The van der Waals surface area contributed by atoms with E-state index in [0.29, 0.717) is 41.4 Å². The molecule has 0 unspecified atom stereocenters. The Kier molecular flexibility index (Phi) is 4.99. The van der Waals surface area contributed by atoms with Crippen molar-refractivity contribution in [1.82, 2.24) is 9.97 Å². The number of rotatable bonds is 4. The van der Waals surface area contributed by atoms with Gasteiger partial charge in [0.15, 0.2) is 11.5 Å². The summed E-state index contributed by atoms with van der Waals surface area (Å²) in [4.78, 5) is 21.0. The molecule has 1 aliphatic heterocycles. The van der Waals surface area contributed by atoms with Crippen LogP contribution in [0.4, 0.5) is 17.3 Å².